The number of rotatable bonds is 5. The van der Waals surface area contributed by atoms with Gasteiger partial charge in [-0.15, -0.1) is 11.3 Å². The molecule has 0 aliphatic heterocycles. The third-order valence-electron chi connectivity index (χ3n) is 4.49. The van der Waals surface area contributed by atoms with Gasteiger partial charge in [-0.05, 0) is 31.9 Å². The SMILES string of the molecule is CCC(C(N)=O)n1c(-c2cccc(C)c2)nc2sc(C(=O)O)c(C)c2c1=O. The van der Waals surface area contributed by atoms with Crippen LogP contribution in [-0.2, 0) is 4.79 Å². The summed E-state index contributed by atoms with van der Waals surface area (Å²) >= 11 is 0.955. The van der Waals surface area contributed by atoms with Crippen LogP contribution in [0.25, 0.3) is 21.6 Å². The lowest BCUT2D eigenvalue weighted by molar-refractivity contribution is -0.121. The minimum Gasteiger partial charge on any atom is -0.477 e. The zero-order valence-corrected chi connectivity index (χ0v) is 16.0. The topological polar surface area (TPSA) is 115 Å². The van der Waals surface area contributed by atoms with Crippen LogP contribution < -0.4 is 11.3 Å². The van der Waals surface area contributed by atoms with Crippen molar-refractivity contribution in [3.63, 3.8) is 0 Å². The number of amides is 1. The van der Waals surface area contributed by atoms with Gasteiger partial charge in [-0.3, -0.25) is 14.2 Å². The first-order valence-electron chi connectivity index (χ1n) is 8.41. The molecular weight excluding hydrogens is 366 g/mol. The molecule has 0 spiro atoms. The summed E-state index contributed by atoms with van der Waals surface area (Å²) in [5.74, 6) is -1.44. The normalized spacial score (nSPS) is 12.3. The van der Waals surface area contributed by atoms with Crippen LogP contribution in [0.1, 0.15) is 40.2 Å². The summed E-state index contributed by atoms with van der Waals surface area (Å²) in [5, 5.41) is 9.61. The Morgan fingerprint density at radius 3 is 2.59 bits per heavy atom. The van der Waals surface area contributed by atoms with Crippen LogP contribution in [0.15, 0.2) is 29.1 Å². The molecule has 140 valence electrons. The first-order chi connectivity index (χ1) is 12.8. The summed E-state index contributed by atoms with van der Waals surface area (Å²) in [4.78, 5) is 41.8. The number of aryl methyl sites for hydroxylation is 2. The molecule has 27 heavy (non-hydrogen) atoms. The third kappa shape index (κ3) is 3.12. The van der Waals surface area contributed by atoms with Crippen molar-refractivity contribution in [1.29, 1.82) is 0 Å². The number of carbonyl (C=O) groups is 2. The van der Waals surface area contributed by atoms with Crippen LogP contribution in [0, 0.1) is 13.8 Å². The monoisotopic (exact) mass is 385 g/mol. The number of benzene rings is 1. The Labute approximate surface area is 159 Å². The fraction of sp³-hybridized carbons (Fsp3) is 0.263. The Morgan fingerprint density at radius 1 is 1.33 bits per heavy atom. The van der Waals surface area contributed by atoms with Gasteiger partial charge in [-0.2, -0.15) is 0 Å². The van der Waals surface area contributed by atoms with E-state index in [1.807, 2.05) is 25.1 Å². The molecule has 0 aliphatic carbocycles. The fourth-order valence-corrected chi connectivity index (χ4v) is 4.20. The quantitative estimate of drug-likeness (QED) is 0.701. The molecule has 1 amide bonds. The average molecular weight is 385 g/mol. The number of carbonyl (C=O) groups excluding carboxylic acids is 1. The molecule has 1 unspecified atom stereocenters. The molecule has 0 fully saturated rings. The van der Waals surface area contributed by atoms with Crippen LogP contribution in [0.3, 0.4) is 0 Å². The van der Waals surface area contributed by atoms with Crippen LogP contribution >= 0.6 is 11.3 Å². The lowest BCUT2D eigenvalue weighted by atomic mass is 10.1. The van der Waals surface area contributed by atoms with Gasteiger partial charge in [-0.25, -0.2) is 9.78 Å². The van der Waals surface area contributed by atoms with Crippen LogP contribution in [0.2, 0.25) is 0 Å². The number of nitrogens with zero attached hydrogens (tertiary/aromatic N) is 2. The Kier molecular flexibility index (Phi) is 4.84. The van der Waals surface area contributed by atoms with Gasteiger partial charge in [0.05, 0.1) is 5.39 Å². The van der Waals surface area contributed by atoms with E-state index in [1.165, 1.54) is 4.57 Å². The summed E-state index contributed by atoms with van der Waals surface area (Å²) in [6, 6.07) is 6.52. The van der Waals surface area contributed by atoms with E-state index in [0.29, 0.717) is 28.2 Å². The van der Waals surface area contributed by atoms with Gasteiger partial charge in [-0.1, -0.05) is 30.7 Å². The number of carboxylic acid groups (broad SMARTS) is 1. The van der Waals surface area contributed by atoms with Gasteiger partial charge in [0.1, 0.15) is 21.6 Å². The minimum absolute atomic E-state index is 0.0645. The summed E-state index contributed by atoms with van der Waals surface area (Å²) in [6.45, 7) is 5.25. The molecule has 8 heteroatoms. The predicted octanol–water partition coefficient (Wildman–Crippen LogP) is 2.88. The van der Waals surface area contributed by atoms with Crippen molar-refractivity contribution in [2.24, 2.45) is 5.73 Å². The van der Waals surface area contributed by atoms with E-state index in [-0.39, 0.29) is 10.3 Å². The molecular formula is C19H19N3O4S. The Balaban J connectivity index is 2.47. The Bertz CT molecular complexity index is 1130. The molecule has 1 atom stereocenters. The highest BCUT2D eigenvalue weighted by Crippen LogP contribution is 2.31. The average Bonchev–Trinajstić information content (AvgIpc) is 2.94. The van der Waals surface area contributed by atoms with Crippen molar-refractivity contribution in [3.05, 3.63) is 50.6 Å². The molecule has 0 bridgehead atoms. The molecule has 0 saturated carbocycles. The number of primary amides is 1. The van der Waals surface area contributed by atoms with Crippen molar-refractivity contribution in [1.82, 2.24) is 9.55 Å². The highest BCUT2D eigenvalue weighted by molar-refractivity contribution is 7.20. The number of thiophene rings is 1. The highest BCUT2D eigenvalue weighted by Gasteiger charge is 2.26. The van der Waals surface area contributed by atoms with Gasteiger partial charge >= 0.3 is 5.97 Å². The highest BCUT2D eigenvalue weighted by atomic mass is 32.1. The molecule has 0 radical (unpaired) electrons. The number of nitrogens with two attached hydrogens (primary N) is 1. The van der Waals surface area contributed by atoms with Gasteiger partial charge in [0.25, 0.3) is 5.56 Å². The fourth-order valence-electron chi connectivity index (χ4n) is 3.19. The van der Waals surface area contributed by atoms with E-state index in [2.05, 4.69) is 4.98 Å². The van der Waals surface area contributed by atoms with Gasteiger partial charge in [0.15, 0.2) is 0 Å². The molecule has 0 saturated heterocycles. The first kappa shape index (κ1) is 18.8. The van der Waals surface area contributed by atoms with Crippen molar-refractivity contribution in [2.45, 2.75) is 33.2 Å². The lowest BCUT2D eigenvalue weighted by Gasteiger charge is -2.19. The summed E-state index contributed by atoms with van der Waals surface area (Å²) < 4.78 is 1.30. The zero-order chi connectivity index (χ0) is 19.9. The standard InChI is InChI=1S/C19H19N3O4S/c1-4-12(15(20)23)22-16(11-7-5-6-9(2)8-11)21-17-13(18(22)24)10(3)14(27-17)19(25)26/h5-8,12H,4H2,1-3H3,(H2,20,23)(H,25,26). The van der Waals surface area contributed by atoms with E-state index in [0.717, 1.165) is 16.9 Å². The second kappa shape index (κ2) is 6.96. The Morgan fingerprint density at radius 2 is 2.04 bits per heavy atom. The number of fused-ring (bicyclic) bond motifs is 1. The number of hydrogen-bond acceptors (Lipinski definition) is 5. The third-order valence-corrected chi connectivity index (χ3v) is 5.67. The van der Waals surface area contributed by atoms with E-state index in [9.17, 15) is 19.5 Å². The van der Waals surface area contributed by atoms with E-state index < -0.39 is 23.5 Å². The number of aromatic carboxylic acids is 1. The van der Waals surface area contributed by atoms with Crippen molar-refractivity contribution in [2.75, 3.05) is 0 Å². The molecule has 2 heterocycles. The predicted molar refractivity (Wildman–Crippen MR) is 104 cm³/mol. The smallest absolute Gasteiger partial charge is 0.346 e. The number of carboxylic acids is 1. The van der Waals surface area contributed by atoms with Crippen molar-refractivity contribution < 1.29 is 14.7 Å². The molecule has 0 aliphatic rings. The van der Waals surface area contributed by atoms with Gasteiger partial charge < -0.3 is 10.8 Å². The second-order valence-corrected chi connectivity index (χ2v) is 7.35. The van der Waals surface area contributed by atoms with E-state index >= 15 is 0 Å². The molecule has 3 aromatic rings. The molecule has 3 rings (SSSR count). The van der Waals surface area contributed by atoms with Crippen molar-refractivity contribution >= 4 is 33.4 Å². The molecule has 2 aromatic heterocycles. The molecule has 1 aromatic carbocycles. The van der Waals surface area contributed by atoms with Gasteiger partial charge in [0, 0.05) is 5.56 Å². The maximum absolute atomic E-state index is 13.3. The molecule has 7 nitrogen and oxygen atoms in total. The summed E-state index contributed by atoms with van der Waals surface area (Å²) in [7, 11) is 0. The summed E-state index contributed by atoms with van der Waals surface area (Å²) in [5.41, 5.74) is 7.07. The first-order valence-corrected chi connectivity index (χ1v) is 9.23. The zero-order valence-electron chi connectivity index (χ0n) is 15.1. The van der Waals surface area contributed by atoms with E-state index in [1.54, 1.807) is 19.9 Å². The minimum atomic E-state index is -1.11. The largest absolute Gasteiger partial charge is 0.477 e. The Hall–Kier alpha value is -3.00. The van der Waals surface area contributed by atoms with Gasteiger partial charge in [0.2, 0.25) is 5.91 Å². The lowest BCUT2D eigenvalue weighted by Crippen LogP contribution is -2.35. The number of hydrogen-bond donors (Lipinski definition) is 2. The molecule has 3 N–H and O–H groups in total. The van der Waals surface area contributed by atoms with Crippen LogP contribution in [0.5, 0.6) is 0 Å². The van der Waals surface area contributed by atoms with E-state index in [4.69, 9.17) is 5.73 Å². The maximum Gasteiger partial charge on any atom is 0.346 e. The van der Waals surface area contributed by atoms with Crippen molar-refractivity contribution in [3.8, 4) is 11.4 Å². The maximum atomic E-state index is 13.3. The second-order valence-electron chi connectivity index (χ2n) is 6.35. The summed E-state index contributed by atoms with van der Waals surface area (Å²) in [6.07, 6.45) is 0.316. The van der Waals surface area contributed by atoms with Crippen LogP contribution in [0.4, 0.5) is 0 Å². The number of aromatic nitrogens is 2. The van der Waals surface area contributed by atoms with Crippen LogP contribution in [-0.4, -0.2) is 26.5 Å².